The van der Waals surface area contributed by atoms with Crippen LogP contribution in [0.2, 0.25) is 0 Å². The molecular weight excluding hydrogens is 354 g/mol. The summed E-state index contributed by atoms with van der Waals surface area (Å²) in [4.78, 5) is 11.4. The number of nitrogens with zero attached hydrogens (tertiary/aromatic N) is 5. The molecule has 0 radical (unpaired) electrons. The van der Waals surface area contributed by atoms with Crippen molar-refractivity contribution < 1.29 is 4.74 Å². The maximum absolute atomic E-state index is 6.12. The summed E-state index contributed by atoms with van der Waals surface area (Å²) >= 11 is 0. The minimum absolute atomic E-state index is 0.541. The van der Waals surface area contributed by atoms with Gasteiger partial charge in [-0.25, -0.2) is 4.98 Å². The van der Waals surface area contributed by atoms with E-state index in [4.69, 9.17) is 4.74 Å². The van der Waals surface area contributed by atoms with Crippen LogP contribution >= 0.6 is 0 Å². The Morgan fingerprint density at radius 3 is 2.82 bits per heavy atom. The predicted molar refractivity (Wildman–Crippen MR) is 110 cm³/mol. The Morgan fingerprint density at radius 1 is 1.14 bits per heavy atom. The van der Waals surface area contributed by atoms with Crippen molar-refractivity contribution in [3.63, 3.8) is 0 Å². The molecule has 0 bridgehead atoms. The van der Waals surface area contributed by atoms with Gasteiger partial charge >= 0.3 is 0 Å². The van der Waals surface area contributed by atoms with E-state index in [0.29, 0.717) is 19.1 Å². The van der Waals surface area contributed by atoms with Crippen molar-refractivity contribution in [3.05, 3.63) is 29.5 Å². The molecule has 28 heavy (non-hydrogen) atoms. The Kier molecular flexibility index (Phi) is 5.66. The fraction of sp³-hybridized carbons (Fsp3) is 0.500. The standard InChI is InChI=1S/C20H27N7O/c1-14-10-19(21-2)25-20(23-14)24-15-11-17-16(13-22-26-17)18(12-15)28-9-5-8-27-6-3-4-7-27/h10-12H,3-9,13H2,1-2H3,(H2,21,23,24,25). The van der Waals surface area contributed by atoms with Gasteiger partial charge in [-0.15, -0.1) is 0 Å². The third-order valence-corrected chi connectivity index (χ3v) is 5.03. The molecule has 1 aromatic carbocycles. The van der Waals surface area contributed by atoms with Gasteiger partial charge in [-0.1, -0.05) is 0 Å². The molecule has 1 saturated heterocycles. The summed E-state index contributed by atoms with van der Waals surface area (Å²) in [6.45, 7) is 6.74. The van der Waals surface area contributed by atoms with Crippen LogP contribution in [-0.4, -0.2) is 48.2 Å². The van der Waals surface area contributed by atoms with Crippen molar-refractivity contribution in [3.8, 4) is 5.75 Å². The van der Waals surface area contributed by atoms with Crippen molar-refractivity contribution in [1.82, 2.24) is 14.9 Å². The van der Waals surface area contributed by atoms with Gasteiger partial charge in [0, 0.05) is 42.7 Å². The fourth-order valence-electron chi connectivity index (χ4n) is 3.62. The smallest absolute Gasteiger partial charge is 0.229 e. The highest BCUT2D eigenvalue weighted by atomic mass is 16.5. The molecule has 1 aromatic heterocycles. The van der Waals surface area contributed by atoms with Crippen LogP contribution in [0.3, 0.4) is 0 Å². The zero-order valence-corrected chi connectivity index (χ0v) is 16.5. The Bertz CT molecular complexity index is 862. The first kappa shape index (κ1) is 18.6. The van der Waals surface area contributed by atoms with Crippen LogP contribution in [0, 0.1) is 6.92 Å². The van der Waals surface area contributed by atoms with Gasteiger partial charge in [-0.2, -0.15) is 15.2 Å². The lowest BCUT2D eigenvalue weighted by atomic mass is 10.1. The normalized spacial score (nSPS) is 15.6. The van der Waals surface area contributed by atoms with Crippen LogP contribution < -0.4 is 15.4 Å². The van der Waals surface area contributed by atoms with Gasteiger partial charge in [-0.05, 0) is 45.3 Å². The van der Waals surface area contributed by atoms with Crippen molar-refractivity contribution >= 4 is 23.1 Å². The van der Waals surface area contributed by atoms with E-state index in [1.54, 1.807) is 0 Å². The monoisotopic (exact) mass is 381 g/mol. The van der Waals surface area contributed by atoms with Gasteiger partial charge in [0.1, 0.15) is 11.6 Å². The second-order valence-corrected chi connectivity index (χ2v) is 7.22. The second kappa shape index (κ2) is 8.52. The molecule has 0 saturated carbocycles. The molecule has 2 aliphatic heterocycles. The first-order valence-electron chi connectivity index (χ1n) is 9.91. The van der Waals surface area contributed by atoms with Crippen LogP contribution in [0.4, 0.5) is 23.1 Å². The molecule has 8 heteroatoms. The van der Waals surface area contributed by atoms with E-state index >= 15 is 0 Å². The number of rotatable bonds is 8. The summed E-state index contributed by atoms with van der Waals surface area (Å²) in [6, 6.07) is 5.86. The van der Waals surface area contributed by atoms with E-state index in [1.807, 2.05) is 32.2 Å². The summed E-state index contributed by atoms with van der Waals surface area (Å²) in [5.74, 6) is 2.15. The zero-order valence-electron chi connectivity index (χ0n) is 16.5. The molecular formula is C20H27N7O. The molecule has 4 rings (SSSR count). The summed E-state index contributed by atoms with van der Waals surface area (Å²) in [5.41, 5.74) is 3.64. The molecule has 0 spiro atoms. The number of aryl methyl sites for hydroxylation is 1. The largest absolute Gasteiger partial charge is 0.493 e. The number of aromatic nitrogens is 2. The van der Waals surface area contributed by atoms with Crippen molar-refractivity contribution in [2.24, 2.45) is 10.2 Å². The summed E-state index contributed by atoms with van der Waals surface area (Å²) < 4.78 is 6.12. The number of hydrogen-bond donors (Lipinski definition) is 2. The number of fused-ring (bicyclic) bond motifs is 1. The van der Waals surface area contributed by atoms with E-state index in [-0.39, 0.29) is 0 Å². The number of likely N-dealkylation sites (tertiary alicyclic amines) is 1. The maximum Gasteiger partial charge on any atom is 0.229 e. The highest BCUT2D eigenvalue weighted by Gasteiger charge is 2.17. The average Bonchev–Trinajstić information content (AvgIpc) is 3.36. The number of benzene rings is 1. The van der Waals surface area contributed by atoms with Crippen molar-refractivity contribution in [1.29, 1.82) is 0 Å². The van der Waals surface area contributed by atoms with E-state index in [9.17, 15) is 0 Å². The Hall–Kier alpha value is -2.74. The molecule has 148 valence electrons. The number of nitrogens with one attached hydrogen (secondary N) is 2. The van der Waals surface area contributed by atoms with Crippen LogP contribution in [0.5, 0.6) is 5.75 Å². The molecule has 0 aliphatic carbocycles. The Labute approximate surface area is 165 Å². The van der Waals surface area contributed by atoms with Crippen molar-refractivity contribution in [2.75, 3.05) is 43.9 Å². The molecule has 2 aliphatic rings. The molecule has 3 heterocycles. The summed E-state index contributed by atoms with van der Waals surface area (Å²) in [6.07, 6.45) is 3.66. The van der Waals surface area contributed by atoms with Crippen molar-refractivity contribution in [2.45, 2.75) is 32.7 Å². The Morgan fingerprint density at radius 2 is 2.00 bits per heavy atom. The lowest BCUT2D eigenvalue weighted by Crippen LogP contribution is -2.22. The number of ether oxygens (including phenoxy) is 1. The molecule has 8 nitrogen and oxygen atoms in total. The third kappa shape index (κ3) is 4.39. The molecule has 0 unspecified atom stereocenters. The van der Waals surface area contributed by atoms with Crippen LogP contribution in [0.15, 0.2) is 28.4 Å². The average molecular weight is 381 g/mol. The minimum Gasteiger partial charge on any atom is -0.493 e. The number of hydrogen-bond acceptors (Lipinski definition) is 8. The number of azo groups is 1. The second-order valence-electron chi connectivity index (χ2n) is 7.22. The molecule has 2 aromatic rings. The van der Waals surface area contributed by atoms with Gasteiger partial charge in [0.05, 0.1) is 18.8 Å². The van der Waals surface area contributed by atoms with Gasteiger partial charge in [0.2, 0.25) is 5.95 Å². The first-order chi connectivity index (χ1) is 13.7. The first-order valence-corrected chi connectivity index (χ1v) is 9.91. The molecule has 1 fully saturated rings. The maximum atomic E-state index is 6.12. The zero-order chi connectivity index (χ0) is 19.3. The lowest BCUT2D eigenvalue weighted by Gasteiger charge is -2.16. The fourth-order valence-corrected chi connectivity index (χ4v) is 3.62. The minimum atomic E-state index is 0.541. The van der Waals surface area contributed by atoms with E-state index in [2.05, 4.69) is 35.7 Å². The highest BCUT2D eigenvalue weighted by Crippen LogP contribution is 2.38. The van der Waals surface area contributed by atoms with Crippen LogP contribution in [0.1, 0.15) is 30.5 Å². The van der Waals surface area contributed by atoms with Gasteiger partial charge in [-0.3, -0.25) is 0 Å². The van der Waals surface area contributed by atoms with Crippen LogP contribution in [-0.2, 0) is 6.54 Å². The molecule has 2 N–H and O–H groups in total. The third-order valence-electron chi connectivity index (χ3n) is 5.03. The molecule has 0 atom stereocenters. The van der Waals surface area contributed by atoms with E-state index in [0.717, 1.165) is 47.2 Å². The topological polar surface area (TPSA) is 87.0 Å². The summed E-state index contributed by atoms with van der Waals surface area (Å²) in [5, 5.41) is 14.7. The number of anilines is 3. The summed E-state index contributed by atoms with van der Waals surface area (Å²) in [7, 11) is 1.84. The Balaban J connectivity index is 1.45. The van der Waals surface area contributed by atoms with Gasteiger partial charge in [0.25, 0.3) is 0 Å². The SMILES string of the molecule is CNc1cc(C)nc(Nc2cc3c(c(OCCCN4CCCC4)c2)CN=N3)n1. The van der Waals surface area contributed by atoms with Gasteiger partial charge in [0.15, 0.2) is 0 Å². The quantitative estimate of drug-likeness (QED) is 0.671. The van der Waals surface area contributed by atoms with E-state index in [1.165, 1.54) is 25.9 Å². The highest BCUT2D eigenvalue weighted by molar-refractivity contribution is 5.68. The molecule has 0 amide bonds. The van der Waals surface area contributed by atoms with Gasteiger partial charge < -0.3 is 20.3 Å². The lowest BCUT2D eigenvalue weighted by molar-refractivity contribution is 0.262. The van der Waals surface area contributed by atoms with E-state index < -0.39 is 0 Å². The predicted octanol–water partition coefficient (Wildman–Crippen LogP) is 4.03. The van der Waals surface area contributed by atoms with Crippen LogP contribution in [0.25, 0.3) is 0 Å².